The van der Waals surface area contributed by atoms with E-state index < -0.39 is 19.6 Å². The van der Waals surface area contributed by atoms with Crippen molar-refractivity contribution in [3.63, 3.8) is 0 Å². The van der Waals surface area contributed by atoms with Crippen molar-refractivity contribution < 1.29 is 22.4 Å². The molecule has 0 aliphatic carbocycles. The molecule has 0 aromatic carbocycles. The predicted octanol–water partition coefficient (Wildman–Crippen LogP) is 2.30. The summed E-state index contributed by atoms with van der Waals surface area (Å²) < 4.78 is 43.2. The van der Waals surface area contributed by atoms with E-state index in [1.165, 1.54) is 0 Å². The second-order valence-corrected chi connectivity index (χ2v) is 4.17. The van der Waals surface area contributed by atoms with Gasteiger partial charge in [0.1, 0.15) is 5.88 Å². The van der Waals surface area contributed by atoms with Crippen LogP contribution < -0.4 is 0 Å². The van der Waals surface area contributed by atoms with Crippen molar-refractivity contribution in [3.05, 3.63) is 0 Å². The number of rotatable bonds is 4. The fourth-order valence-electron chi connectivity index (χ4n) is 0.304. The van der Waals surface area contributed by atoms with Crippen LogP contribution in [-0.4, -0.2) is 25.8 Å². The summed E-state index contributed by atoms with van der Waals surface area (Å²) in [6.07, 6.45) is -3.60. The van der Waals surface area contributed by atoms with Gasteiger partial charge in [0.15, 0.2) is 0 Å². The lowest BCUT2D eigenvalue weighted by Crippen LogP contribution is -2.21. The average molecular weight is 209 g/mol. The van der Waals surface area contributed by atoms with E-state index in [0.717, 1.165) is 13.8 Å². The van der Waals surface area contributed by atoms with Crippen molar-refractivity contribution in [2.45, 2.75) is 6.11 Å². The Bertz CT molecular complexity index is 175. The smallest absolute Gasteiger partial charge is 0.312 e. The Kier molecular flexibility index (Phi) is 3.91. The monoisotopic (exact) mass is 208 g/mol. The fourth-order valence-corrected chi connectivity index (χ4v) is 1.06. The van der Waals surface area contributed by atoms with Crippen LogP contribution in [0.1, 0.15) is 0 Å². The van der Waals surface area contributed by atoms with E-state index >= 15 is 0 Å². The van der Waals surface area contributed by atoms with Crippen LogP contribution in [0.5, 0.6) is 0 Å². The number of alkyl halides is 3. The molecule has 0 heterocycles. The van der Waals surface area contributed by atoms with Crippen LogP contribution in [-0.2, 0) is 13.6 Å². The van der Waals surface area contributed by atoms with Crippen molar-refractivity contribution in [2.75, 3.05) is 19.7 Å². The first-order valence-corrected chi connectivity index (χ1v) is 5.13. The molecule has 0 N–H and O–H groups in total. The summed E-state index contributed by atoms with van der Waals surface area (Å²) in [4.78, 5) is 0. The lowest BCUT2D eigenvalue weighted by atomic mass is 10.8. The molecule has 1 unspecified atom stereocenters. The van der Waals surface area contributed by atoms with E-state index in [1.807, 2.05) is 0 Å². The highest BCUT2D eigenvalue weighted by molar-refractivity contribution is 7.52. The summed E-state index contributed by atoms with van der Waals surface area (Å²) in [5.41, 5.74) is 0. The topological polar surface area (TPSA) is 35.5 Å². The van der Waals surface area contributed by atoms with Gasteiger partial charge in [-0.05, 0) is 0 Å². The minimum absolute atomic E-state index is 0.938. The molecular weight excluding hydrogens is 200 g/mol. The molecular formula is C4H8ClF2O3P. The van der Waals surface area contributed by atoms with E-state index in [-0.39, 0.29) is 0 Å². The quantitative estimate of drug-likeness (QED) is 0.525. The number of halogens is 3. The molecule has 0 aliphatic heterocycles. The molecule has 7 heteroatoms. The third-order valence-corrected chi connectivity index (χ3v) is 2.36. The molecule has 1 atom stereocenters. The van der Waals surface area contributed by atoms with Crippen LogP contribution in [0.25, 0.3) is 0 Å². The molecule has 68 valence electrons. The van der Waals surface area contributed by atoms with Crippen LogP contribution in [0.2, 0.25) is 0 Å². The minimum Gasteiger partial charge on any atom is -0.312 e. The van der Waals surface area contributed by atoms with Crippen molar-refractivity contribution in [3.8, 4) is 0 Å². The SMILES string of the molecule is COP(C)(=O)OC(F)(F)CCl. The Balaban J connectivity index is 4.14. The van der Waals surface area contributed by atoms with Gasteiger partial charge in [0.05, 0.1) is 0 Å². The zero-order valence-electron chi connectivity index (χ0n) is 6.01. The normalized spacial score (nSPS) is 17.9. The van der Waals surface area contributed by atoms with E-state index in [9.17, 15) is 13.3 Å². The summed E-state index contributed by atoms with van der Waals surface area (Å²) in [5.74, 6) is -1.05. The van der Waals surface area contributed by atoms with Crippen molar-refractivity contribution in [2.24, 2.45) is 0 Å². The fraction of sp³-hybridized carbons (Fsp3) is 1.00. The van der Waals surface area contributed by atoms with E-state index in [0.29, 0.717) is 0 Å². The molecule has 0 saturated heterocycles. The molecule has 0 bridgehead atoms. The molecule has 0 radical (unpaired) electrons. The van der Waals surface area contributed by atoms with Gasteiger partial charge < -0.3 is 4.52 Å². The van der Waals surface area contributed by atoms with Gasteiger partial charge in [0.25, 0.3) is 0 Å². The van der Waals surface area contributed by atoms with Crippen molar-refractivity contribution in [1.29, 1.82) is 0 Å². The molecule has 0 fully saturated rings. The second-order valence-electron chi connectivity index (χ2n) is 1.82. The first-order chi connectivity index (χ1) is 4.83. The minimum atomic E-state index is -3.65. The molecule has 0 spiro atoms. The highest BCUT2D eigenvalue weighted by Gasteiger charge is 2.36. The molecule has 11 heavy (non-hydrogen) atoms. The number of hydrogen-bond acceptors (Lipinski definition) is 3. The zero-order valence-corrected chi connectivity index (χ0v) is 7.66. The summed E-state index contributed by atoms with van der Waals surface area (Å²) in [7, 11) is -2.63. The summed E-state index contributed by atoms with van der Waals surface area (Å²) in [5, 5.41) is 0. The second kappa shape index (κ2) is 3.81. The van der Waals surface area contributed by atoms with Gasteiger partial charge >= 0.3 is 13.7 Å². The lowest BCUT2D eigenvalue weighted by Gasteiger charge is -2.17. The zero-order chi connectivity index (χ0) is 9.12. The molecule has 0 rings (SSSR count). The van der Waals surface area contributed by atoms with Gasteiger partial charge in [0, 0.05) is 13.8 Å². The molecule has 0 amide bonds. The first kappa shape index (κ1) is 11.3. The van der Waals surface area contributed by atoms with Gasteiger partial charge in [-0.3, -0.25) is 4.57 Å². The Morgan fingerprint density at radius 2 is 2.09 bits per heavy atom. The predicted molar refractivity (Wildman–Crippen MR) is 37.3 cm³/mol. The van der Waals surface area contributed by atoms with Gasteiger partial charge in [-0.25, -0.2) is 4.52 Å². The van der Waals surface area contributed by atoms with Crippen molar-refractivity contribution in [1.82, 2.24) is 0 Å². The molecule has 0 aliphatic rings. The highest BCUT2D eigenvalue weighted by Crippen LogP contribution is 2.48. The maximum Gasteiger partial charge on any atom is 0.375 e. The van der Waals surface area contributed by atoms with Gasteiger partial charge in [0.2, 0.25) is 0 Å². The van der Waals surface area contributed by atoms with Crippen LogP contribution >= 0.6 is 19.2 Å². The van der Waals surface area contributed by atoms with Crippen molar-refractivity contribution >= 4 is 19.2 Å². The largest absolute Gasteiger partial charge is 0.375 e. The molecule has 0 aromatic heterocycles. The first-order valence-electron chi connectivity index (χ1n) is 2.61. The summed E-state index contributed by atoms with van der Waals surface area (Å²) in [6, 6.07) is 0. The van der Waals surface area contributed by atoms with Gasteiger partial charge in [-0.2, -0.15) is 8.78 Å². The van der Waals surface area contributed by atoms with E-state index in [1.54, 1.807) is 0 Å². The van der Waals surface area contributed by atoms with Crippen LogP contribution in [0.4, 0.5) is 8.78 Å². The lowest BCUT2D eigenvalue weighted by molar-refractivity contribution is -0.160. The highest BCUT2D eigenvalue weighted by atomic mass is 35.5. The summed E-state index contributed by atoms with van der Waals surface area (Å²) in [6.45, 7) is 0.938. The summed E-state index contributed by atoms with van der Waals surface area (Å²) >= 11 is 4.80. The Morgan fingerprint density at radius 1 is 1.64 bits per heavy atom. The van der Waals surface area contributed by atoms with Gasteiger partial charge in [-0.1, -0.05) is 0 Å². The Labute approximate surface area is 68.2 Å². The van der Waals surface area contributed by atoms with Crippen LogP contribution in [0, 0.1) is 0 Å². The number of hydrogen-bond donors (Lipinski definition) is 0. The van der Waals surface area contributed by atoms with Crippen LogP contribution in [0.3, 0.4) is 0 Å². The van der Waals surface area contributed by atoms with E-state index in [2.05, 4.69) is 9.05 Å². The average Bonchev–Trinajstić information content (AvgIpc) is 1.86. The molecule has 0 aromatic rings. The standard InChI is InChI=1S/C4H8ClF2O3P/c1-9-11(2,8)10-4(6,7)3-5/h3H2,1-2H3. The Morgan fingerprint density at radius 3 is 2.36 bits per heavy atom. The third kappa shape index (κ3) is 4.69. The third-order valence-electron chi connectivity index (χ3n) is 0.787. The maximum absolute atomic E-state index is 12.2. The Hall–Kier alpha value is 0.300. The van der Waals surface area contributed by atoms with E-state index in [4.69, 9.17) is 11.6 Å². The molecule has 0 saturated carbocycles. The van der Waals surface area contributed by atoms with Gasteiger partial charge in [-0.15, -0.1) is 11.6 Å². The van der Waals surface area contributed by atoms with Crippen LogP contribution in [0.15, 0.2) is 0 Å². The maximum atomic E-state index is 12.2. The molecule has 3 nitrogen and oxygen atoms in total.